The SMILES string of the molecule is NC(=O)c1ccc(C2(c3c(Cl)cccc3Cl)Nc3ccc(C(=O)O)cc3N2)c(Cl)c1. The Labute approximate surface area is 186 Å². The summed E-state index contributed by atoms with van der Waals surface area (Å²) in [6, 6.07) is 14.4. The number of benzene rings is 3. The normalized spacial score (nSPS) is 17.0. The Morgan fingerprint density at radius 3 is 2.07 bits per heavy atom. The lowest BCUT2D eigenvalue weighted by Gasteiger charge is -2.34. The quantitative estimate of drug-likeness (QED) is 0.427. The van der Waals surface area contributed by atoms with Crippen LogP contribution in [0.1, 0.15) is 31.8 Å². The highest BCUT2D eigenvalue weighted by Crippen LogP contribution is 2.49. The van der Waals surface area contributed by atoms with E-state index in [2.05, 4.69) is 10.6 Å². The molecule has 1 aliphatic rings. The predicted octanol–water partition coefficient (Wildman–Crippen LogP) is 5.18. The first-order valence-electron chi connectivity index (χ1n) is 8.71. The van der Waals surface area contributed by atoms with Crippen LogP contribution in [0.4, 0.5) is 11.4 Å². The van der Waals surface area contributed by atoms with E-state index >= 15 is 0 Å². The van der Waals surface area contributed by atoms with Crippen molar-refractivity contribution in [1.82, 2.24) is 0 Å². The largest absolute Gasteiger partial charge is 0.478 e. The fourth-order valence-corrected chi connectivity index (χ4v) is 4.55. The summed E-state index contributed by atoms with van der Waals surface area (Å²) in [6.07, 6.45) is 0. The van der Waals surface area contributed by atoms with E-state index in [0.29, 0.717) is 32.5 Å². The highest BCUT2D eigenvalue weighted by molar-refractivity contribution is 6.36. The van der Waals surface area contributed by atoms with Crippen LogP contribution in [0.5, 0.6) is 0 Å². The maximum Gasteiger partial charge on any atom is 0.335 e. The van der Waals surface area contributed by atoms with E-state index in [1.54, 1.807) is 36.4 Å². The van der Waals surface area contributed by atoms with E-state index in [9.17, 15) is 14.7 Å². The zero-order chi connectivity index (χ0) is 21.6. The summed E-state index contributed by atoms with van der Waals surface area (Å²) in [5.41, 5.74) is 6.68. The minimum Gasteiger partial charge on any atom is -0.478 e. The van der Waals surface area contributed by atoms with E-state index in [-0.39, 0.29) is 16.1 Å². The molecule has 0 bridgehead atoms. The van der Waals surface area contributed by atoms with Crippen LogP contribution in [-0.4, -0.2) is 17.0 Å². The fraction of sp³-hybridized carbons (Fsp3) is 0.0476. The van der Waals surface area contributed by atoms with Gasteiger partial charge in [-0.05, 0) is 42.5 Å². The van der Waals surface area contributed by atoms with Crippen LogP contribution in [0.2, 0.25) is 15.1 Å². The van der Waals surface area contributed by atoms with Gasteiger partial charge >= 0.3 is 5.97 Å². The van der Waals surface area contributed by atoms with Gasteiger partial charge in [0.25, 0.3) is 0 Å². The van der Waals surface area contributed by atoms with Gasteiger partial charge in [0.05, 0.1) is 16.9 Å². The molecule has 0 aliphatic carbocycles. The Morgan fingerprint density at radius 1 is 0.833 bits per heavy atom. The van der Waals surface area contributed by atoms with Gasteiger partial charge in [-0.3, -0.25) is 4.79 Å². The van der Waals surface area contributed by atoms with Crippen LogP contribution in [0.3, 0.4) is 0 Å². The molecule has 6 nitrogen and oxygen atoms in total. The van der Waals surface area contributed by atoms with Crippen molar-refractivity contribution in [3.8, 4) is 0 Å². The number of rotatable bonds is 4. The molecular weight excluding hydrogens is 449 g/mol. The summed E-state index contributed by atoms with van der Waals surface area (Å²) in [5, 5.41) is 17.0. The number of carboxylic acids is 1. The van der Waals surface area contributed by atoms with Crippen LogP contribution in [0.25, 0.3) is 0 Å². The minimum absolute atomic E-state index is 0.110. The lowest BCUT2D eigenvalue weighted by molar-refractivity contribution is 0.0696. The number of fused-ring (bicyclic) bond motifs is 1. The predicted molar refractivity (Wildman–Crippen MR) is 118 cm³/mol. The van der Waals surface area contributed by atoms with Crippen LogP contribution in [-0.2, 0) is 5.66 Å². The Hall–Kier alpha value is -2.93. The zero-order valence-corrected chi connectivity index (χ0v) is 17.4. The number of halogens is 3. The third kappa shape index (κ3) is 3.23. The van der Waals surface area contributed by atoms with Crippen molar-refractivity contribution in [2.75, 3.05) is 10.6 Å². The monoisotopic (exact) mass is 461 g/mol. The topological polar surface area (TPSA) is 104 Å². The molecule has 4 rings (SSSR count). The molecule has 0 aromatic heterocycles. The molecular formula is C21H14Cl3N3O3. The second-order valence-corrected chi connectivity index (χ2v) is 7.94. The summed E-state index contributed by atoms with van der Waals surface area (Å²) < 4.78 is 0. The maximum atomic E-state index is 11.6. The second-order valence-electron chi connectivity index (χ2n) is 6.72. The minimum atomic E-state index is -1.22. The molecule has 152 valence electrons. The van der Waals surface area contributed by atoms with Gasteiger partial charge in [0.15, 0.2) is 5.66 Å². The number of primary amides is 1. The molecule has 5 N–H and O–H groups in total. The summed E-state index contributed by atoms with van der Waals surface area (Å²) in [4.78, 5) is 23.0. The molecule has 1 unspecified atom stereocenters. The van der Waals surface area contributed by atoms with Crippen molar-refractivity contribution in [2.24, 2.45) is 5.73 Å². The van der Waals surface area contributed by atoms with Crippen molar-refractivity contribution in [3.05, 3.63) is 91.9 Å². The average molecular weight is 463 g/mol. The second kappa shape index (κ2) is 7.40. The number of anilines is 2. The molecule has 3 aromatic rings. The smallest absolute Gasteiger partial charge is 0.335 e. The molecule has 0 fully saturated rings. The van der Waals surface area contributed by atoms with Gasteiger partial charge in [0.2, 0.25) is 5.91 Å². The maximum absolute atomic E-state index is 11.6. The van der Waals surface area contributed by atoms with E-state index in [0.717, 1.165) is 0 Å². The lowest BCUT2D eigenvalue weighted by Crippen LogP contribution is -2.41. The van der Waals surface area contributed by atoms with E-state index in [1.165, 1.54) is 18.2 Å². The number of amides is 1. The highest BCUT2D eigenvalue weighted by Gasteiger charge is 2.44. The van der Waals surface area contributed by atoms with Crippen LogP contribution in [0, 0.1) is 0 Å². The van der Waals surface area contributed by atoms with E-state index < -0.39 is 17.5 Å². The summed E-state index contributed by atoms with van der Waals surface area (Å²) in [7, 11) is 0. The number of aromatic carboxylic acids is 1. The van der Waals surface area contributed by atoms with Crippen LogP contribution < -0.4 is 16.4 Å². The number of carbonyl (C=O) groups excluding carboxylic acids is 1. The molecule has 9 heteroatoms. The number of nitrogens with one attached hydrogen (secondary N) is 2. The van der Waals surface area contributed by atoms with Crippen molar-refractivity contribution in [1.29, 1.82) is 0 Å². The van der Waals surface area contributed by atoms with E-state index in [1.807, 2.05) is 0 Å². The van der Waals surface area contributed by atoms with Crippen molar-refractivity contribution >= 4 is 58.1 Å². The van der Waals surface area contributed by atoms with Gasteiger partial charge in [0.1, 0.15) is 0 Å². The van der Waals surface area contributed by atoms with Gasteiger partial charge < -0.3 is 21.5 Å². The van der Waals surface area contributed by atoms with Gasteiger partial charge in [0, 0.05) is 31.8 Å². The number of carboxylic acid groups (broad SMARTS) is 1. The third-order valence-corrected chi connectivity index (χ3v) is 5.85. The standard InChI is InChI=1S/C21H14Cl3N3O3/c22-13-2-1-3-14(23)18(13)21(12-6-4-10(19(25)28)8-15(12)24)26-16-7-5-11(20(29)30)9-17(16)27-21/h1-9,26-27H,(H2,25,28)(H,29,30). The molecule has 1 heterocycles. The van der Waals surface area contributed by atoms with Gasteiger partial charge in [-0.1, -0.05) is 46.9 Å². The van der Waals surface area contributed by atoms with Crippen molar-refractivity contribution < 1.29 is 14.7 Å². The molecule has 1 amide bonds. The molecule has 0 spiro atoms. The Morgan fingerprint density at radius 2 is 1.47 bits per heavy atom. The number of hydrogen-bond donors (Lipinski definition) is 4. The molecule has 1 atom stereocenters. The summed E-state index contributed by atoms with van der Waals surface area (Å²) in [5.74, 6) is -1.67. The number of nitrogens with two attached hydrogens (primary N) is 1. The number of carbonyl (C=O) groups is 2. The summed E-state index contributed by atoms with van der Waals surface area (Å²) >= 11 is 19.6. The van der Waals surface area contributed by atoms with Gasteiger partial charge in [-0.15, -0.1) is 0 Å². The summed E-state index contributed by atoms with van der Waals surface area (Å²) in [6.45, 7) is 0. The third-order valence-electron chi connectivity index (χ3n) is 4.91. The van der Waals surface area contributed by atoms with E-state index in [4.69, 9.17) is 40.5 Å². The average Bonchev–Trinajstić information content (AvgIpc) is 3.06. The Balaban J connectivity index is 1.97. The van der Waals surface area contributed by atoms with Gasteiger partial charge in [-0.25, -0.2) is 4.79 Å². The molecule has 3 aromatic carbocycles. The zero-order valence-electron chi connectivity index (χ0n) is 15.2. The molecule has 30 heavy (non-hydrogen) atoms. The first kappa shape index (κ1) is 20.3. The van der Waals surface area contributed by atoms with Crippen LogP contribution >= 0.6 is 34.8 Å². The van der Waals surface area contributed by atoms with Crippen molar-refractivity contribution in [2.45, 2.75) is 5.66 Å². The molecule has 0 saturated heterocycles. The number of hydrogen-bond acceptors (Lipinski definition) is 4. The molecule has 0 radical (unpaired) electrons. The first-order valence-corrected chi connectivity index (χ1v) is 9.84. The Bertz CT molecular complexity index is 1200. The van der Waals surface area contributed by atoms with Crippen LogP contribution in [0.15, 0.2) is 54.6 Å². The fourth-order valence-electron chi connectivity index (χ4n) is 3.55. The first-order chi connectivity index (χ1) is 14.2. The molecule has 1 aliphatic heterocycles. The Kier molecular flexibility index (Phi) is 5.02. The van der Waals surface area contributed by atoms with Gasteiger partial charge in [-0.2, -0.15) is 0 Å². The van der Waals surface area contributed by atoms with Crippen molar-refractivity contribution in [3.63, 3.8) is 0 Å². The lowest BCUT2D eigenvalue weighted by atomic mass is 9.90. The molecule has 0 saturated carbocycles. The highest BCUT2D eigenvalue weighted by atomic mass is 35.5.